The first kappa shape index (κ1) is 10.9. The molecule has 5 N–H and O–H groups in total. The smallest absolute Gasteiger partial charge is 0.336 e. The molecule has 0 radical (unpaired) electrons. The largest absolute Gasteiger partial charge is 0.481 e. The van der Waals surface area contributed by atoms with Crippen molar-refractivity contribution in [1.29, 1.82) is 0 Å². The molecule has 8 heteroatoms. The second-order valence-electron chi connectivity index (χ2n) is 3.07. The first-order chi connectivity index (χ1) is 6.27. The van der Waals surface area contributed by atoms with Crippen LogP contribution in [0.4, 0.5) is 0 Å². The van der Waals surface area contributed by atoms with Crippen LogP contribution in [0.1, 0.15) is 12.8 Å². The van der Waals surface area contributed by atoms with Gasteiger partial charge in [-0.1, -0.05) is 0 Å². The Bertz CT molecular complexity index is 273. The lowest BCUT2D eigenvalue weighted by atomic mass is 9.94. The maximum atomic E-state index is 10.6. The van der Waals surface area contributed by atoms with Crippen LogP contribution in [0.3, 0.4) is 0 Å². The van der Waals surface area contributed by atoms with Crippen molar-refractivity contribution in [2.75, 3.05) is 0 Å². The van der Waals surface area contributed by atoms with E-state index in [9.17, 15) is 14.7 Å². The summed E-state index contributed by atoms with van der Waals surface area (Å²) in [5.41, 5.74) is -0.618. The lowest BCUT2D eigenvalue weighted by Crippen LogP contribution is -2.45. The molecule has 1 aliphatic heterocycles. The van der Waals surface area contributed by atoms with Gasteiger partial charge in [-0.05, 0) is 0 Å². The van der Waals surface area contributed by atoms with E-state index >= 15 is 0 Å². The molecule has 0 aromatic rings. The molecule has 80 valence electrons. The van der Waals surface area contributed by atoms with Gasteiger partial charge in [0.1, 0.15) is 0 Å². The minimum absolute atomic E-state index is 0.762. The van der Waals surface area contributed by atoms with E-state index < -0.39 is 36.3 Å². The van der Waals surface area contributed by atoms with Crippen molar-refractivity contribution in [3.63, 3.8) is 0 Å². The molecule has 14 heavy (non-hydrogen) atoms. The van der Waals surface area contributed by atoms with Crippen LogP contribution in [0.15, 0.2) is 0 Å². The lowest BCUT2D eigenvalue weighted by Gasteiger charge is -2.21. The molecular formula is C6H9NO7. The number of aliphatic carboxylic acids is 2. The van der Waals surface area contributed by atoms with Gasteiger partial charge in [0.05, 0.1) is 12.8 Å². The van der Waals surface area contributed by atoms with Gasteiger partial charge >= 0.3 is 11.9 Å². The number of rotatable bonds is 5. The van der Waals surface area contributed by atoms with E-state index in [0.717, 1.165) is 0 Å². The highest BCUT2D eigenvalue weighted by atomic mass is 16.9. The van der Waals surface area contributed by atoms with Gasteiger partial charge in [0, 0.05) is 0 Å². The van der Waals surface area contributed by atoms with Gasteiger partial charge in [-0.25, -0.2) is 9.63 Å². The molecule has 1 rings (SSSR count). The number of hydroxylamine groups is 1. The maximum absolute atomic E-state index is 10.6. The summed E-state index contributed by atoms with van der Waals surface area (Å²) in [6.07, 6.45) is -1.78. The number of carbonyl (C=O) groups is 2. The van der Waals surface area contributed by atoms with Crippen LogP contribution >= 0.6 is 0 Å². The Morgan fingerprint density at radius 2 is 1.93 bits per heavy atom. The fourth-order valence-corrected chi connectivity index (χ4v) is 0.991. The molecule has 1 aliphatic rings. The van der Waals surface area contributed by atoms with Crippen molar-refractivity contribution < 1.29 is 34.9 Å². The average Bonchev–Trinajstić information content (AvgIpc) is 2.64. The minimum Gasteiger partial charge on any atom is -0.481 e. The molecule has 8 nitrogen and oxygen atoms in total. The molecule has 1 heterocycles. The monoisotopic (exact) mass is 207 g/mol. The van der Waals surface area contributed by atoms with E-state index in [0.29, 0.717) is 0 Å². The molecule has 0 aliphatic carbocycles. The third-order valence-electron chi connectivity index (χ3n) is 1.71. The van der Waals surface area contributed by atoms with Crippen molar-refractivity contribution in [3.05, 3.63) is 0 Å². The summed E-state index contributed by atoms with van der Waals surface area (Å²) < 4.78 is 0. The van der Waals surface area contributed by atoms with Crippen LogP contribution in [0.5, 0.6) is 0 Å². The number of nitrogens with one attached hydrogen (secondary N) is 1. The molecule has 0 aromatic heterocycles. The summed E-state index contributed by atoms with van der Waals surface area (Å²) in [7, 11) is 0. The first-order valence-corrected chi connectivity index (χ1v) is 3.63. The van der Waals surface area contributed by atoms with Crippen LogP contribution in [-0.2, 0) is 14.4 Å². The Balaban J connectivity index is 2.70. The standard InChI is InChI=1S/C6H9NO7/c8-3(9)1-5(12,4(10)11)2-6(13)7-14-6/h7,12-13H,1-2H2,(H,8,9)(H,10,11)/t5-,6-/m1/s1. The van der Waals surface area contributed by atoms with Crippen molar-refractivity contribution in [1.82, 2.24) is 5.48 Å². The van der Waals surface area contributed by atoms with Crippen molar-refractivity contribution in [2.24, 2.45) is 0 Å². The zero-order chi connectivity index (χ0) is 11.0. The summed E-state index contributed by atoms with van der Waals surface area (Å²) >= 11 is 0. The van der Waals surface area contributed by atoms with Gasteiger partial charge in [0.25, 0.3) is 5.91 Å². The number of hydrogen-bond donors (Lipinski definition) is 5. The molecule has 0 aromatic carbocycles. The van der Waals surface area contributed by atoms with E-state index in [1.54, 1.807) is 0 Å². The summed E-state index contributed by atoms with van der Waals surface area (Å²) in [5, 5.41) is 35.4. The normalized spacial score (nSPS) is 29.3. The number of hydrogen-bond acceptors (Lipinski definition) is 6. The number of carboxylic acids is 2. The Kier molecular flexibility index (Phi) is 2.46. The second kappa shape index (κ2) is 3.17. The summed E-state index contributed by atoms with van der Waals surface area (Å²) in [6, 6.07) is 0. The fourth-order valence-electron chi connectivity index (χ4n) is 0.991. The molecular weight excluding hydrogens is 198 g/mol. The Morgan fingerprint density at radius 3 is 2.21 bits per heavy atom. The van der Waals surface area contributed by atoms with Crippen LogP contribution in [0.2, 0.25) is 0 Å². The predicted molar refractivity (Wildman–Crippen MR) is 38.6 cm³/mol. The Morgan fingerprint density at radius 1 is 1.43 bits per heavy atom. The highest BCUT2D eigenvalue weighted by Gasteiger charge is 2.54. The van der Waals surface area contributed by atoms with Gasteiger partial charge in [-0.2, -0.15) is 0 Å². The third-order valence-corrected chi connectivity index (χ3v) is 1.71. The summed E-state index contributed by atoms with van der Waals surface area (Å²) in [5.74, 6) is -5.16. The molecule has 0 amide bonds. The van der Waals surface area contributed by atoms with E-state index in [1.165, 1.54) is 0 Å². The number of aliphatic hydroxyl groups is 2. The lowest BCUT2D eigenvalue weighted by molar-refractivity contribution is -0.172. The third kappa shape index (κ3) is 2.39. The minimum atomic E-state index is -2.55. The highest BCUT2D eigenvalue weighted by molar-refractivity contribution is 5.83. The molecule has 1 fully saturated rings. The van der Waals surface area contributed by atoms with E-state index in [2.05, 4.69) is 4.84 Å². The van der Waals surface area contributed by atoms with Gasteiger partial charge in [0.15, 0.2) is 5.60 Å². The summed E-state index contributed by atoms with van der Waals surface area (Å²) in [6.45, 7) is 0. The maximum Gasteiger partial charge on any atom is 0.336 e. The zero-order valence-electron chi connectivity index (χ0n) is 6.93. The molecule has 0 unspecified atom stereocenters. The van der Waals surface area contributed by atoms with Gasteiger partial charge < -0.3 is 20.4 Å². The second-order valence-corrected chi connectivity index (χ2v) is 3.07. The van der Waals surface area contributed by atoms with Crippen molar-refractivity contribution in [2.45, 2.75) is 24.4 Å². The summed E-state index contributed by atoms with van der Waals surface area (Å²) in [4.78, 5) is 25.0. The van der Waals surface area contributed by atoms with Crippen molar-refractivity contribution in [3.8, 4) is 0 Å². The predicted octanol–water partition coefficient (Wildman–Crippen LogP) is -2.15. The van der Waals surface area contributed by atoms with E-state index in [1.807, 2.05) is 5.48 Å². The molecule has 0 bridgehead atoms. The SMILES string of the molecule is O=C(O)C[C@@](O)(C[C@]1(O)NO1)C(=O)O. The fraction of sp³-hybridized carbons (Fsp3) is 0.667. The van der Waals surface area contributed by atoms with Crippen LogP contribution in [0.25, 0.3) is 0 Å². The zero-order valence-corrected chi connectivity index (χ0v) is 6.93. The van der Waals surface area contributed by atoms with Crippen LogP contribution < -0.4 is 5.48 Å². The van der Waals surface area contributed by atoms with E-state index in [-0.39, 0.29) is 0 Å². The topological polar surface area (TPSA) is 150 Å². The van der Waals surface area contributed by atoms with Gasteiger partial charge in [-0.15, -0.1) is 5.48 Å². The van der Waals surface area contributed by atoms with E-state index in [4.69, 9.17) is 15.3 Å². The van der Waals surface area contributed by atoms with Crippen molar-refractivity contribution >= 4 is 11.9 Å². The molecule has 0 saturated carbocycles. The number of carboxylic acid groups (broad SMARTS) is 2. The van der Waals surface area contributed by atoms with Crippen LogP contribution in [0, 0.1) is 0 Å². The molecule has 2 atom stereocenters. The Hall–Kier alpha value is -1.22. The average molecular weight is 207 g/mol. The van der Waals surface area contributed by atoms with Crippen LogP contribution in [-0.4, -0.2) is 43.9 Å². The van der Waals surface area contributed by atoms with Gasteiger partial charge in [-0.3, -0.25) is 4.79 Å². The highest BCUT2D eigenvalue weighted by Crippen LogP contribution is 2.29. The quantitative estimate of drug-likeness (QED) is 0.320. The molecule has 0 spiro atoms. The Labute approximate surface area is 77.7 Å². The first-order valence-electron chi connectivity index (χ1n) is 3.63. The molecule has 1 saturated heterocycles. The van der Waals surface area contributed by atoms with Gasteiger partial charge in [0.2, 0.25) is 0 Å².